The van der Waals surface area contributed by atoms with E-state index in [2.05, 4.69) is 5.32 Å². The number of nitriles is 1. The van der Waals surface area contributed by atoms with Crippen LogP contribution in [0.5, 0.6) is 0 Å². The van der Waals surface area contributed by atoms with Crippen molar-refractivity contribution in [2.24, 2.45) is 0 Å². The molecule has 0 bridgehead atoms. The Balaban J connectivity index is 2.20. The van der Waals surface area contributed by atoms with Crippen molar-refractivity contribution in [1.82, 2.24) is 0 Å². The number of halogens is 3. The number of hydrogen-bond donors (Lipinski definition) is 1. The van der Waals surface area contributed by atoms with Gasteiger partial charge >= 0.3 is 6.18 Å². The average molecular weight is 322 g/mol. The second-order valence-electron chi connectivity index (χ2n) is 4.26. The van der Waals surface area contributed by atoms with Crippen LogP contribution < -0.4 is 5.32 Å². The number of carbonyl (C=O) groups excluding carboxylic acids is 1. The molecule has 3 nitrogen and oxygen atoms in total. The molecule has 0 unspecified atom stereocenters. The van der Waals surface area contributed by atoms with Gasteiger partial charge in [-0.3, -0.25) is 4.79 Å². The molecule has 1 heterocycles. The Morgan fingerprint density at radius 1 is 1.32 bits per heavy atom. The fourth-order valence-electron chi connectivity index (χ4n) is 1.64. The molecular weight excluding hydrogens is 313 g/mol. The van der Waals surface area contributed by atoms with Crippen LogP contribution in [-0.4, -0.2) is 5.91 Å². The van der Waals surface area contributed by atoms with Gasteiger partial charge in [-0.15, -0.1) is 0 Å². The van der Waals surface area contributed by atoms with E-state index in [0.29, 0.717) is 5.56 Å². The first-order chi connectivity index (χ1) is 10.4. The third-order valence-corrected chi connectivity index (χ3v) is 3.37. The monoisotopic (exact) mass is 322 g/mol. The molecule has 0 aliphatic carbocycles. The van der Waals surface area contributed by atoms with Crippen LogP contribution in [0.2, 0.25) is 0 Å². The van der Waals surface area contributed by atoms with Crippen molar-refractivity contribution >= 4 is 29.0 Å². The summed E-state index contributed by atoms with van der Waals surface area (Å²) in [6, 6.07) is 7.69. The summed E-state index contributed by atoms with van der Waals surface area (Å²) < 4.78 is 37.8. The zero-order valence-corrected chi connectivity index (χ0v) is 11.8. The first kappa shape index (κ1) is 15.8. The standard InChI is InChI=1S/C15H9F3N2OS/c16-15(17,18)12-2-1-3-13(7-12)20-14(21)11(8-19)6-10-4-5-22-9-10/h1-7,9H,(H,20,21). The average Bonchev–Trinajstić information content (AvgIpc) is 2.97. The van der Waals surface area contributed by atoms with E-state index in [1.807, 2.05) is 0 Å². The Labute approximate surface area is 128 Å². The maximum atomic E-state index is 12.6. The molecule has 2 rings (SSSR count). The van der Waals surface area contributed by atoms with Crippen LogP contribution in [0, 0.1) is 11.3 Å². The molecule has 22 heavy (non-hydrogen) atoms. The van der Waals surface area contributed by atoms with Gasteiger partial charge in [0.25, 0.3) is 5.91 Å². The zero-order chi connectivity index (χ0) is 16.2. The van der Waals surface area contributed by atoms with Crippen LogP contribution in [0.1, 0.15) is 11.1 Å². The topological polar surface area (TPSA) is 52.9 Å². The van der Waals surface area contributed by atoms with Crippen LogP contribution in [0.15, 0.2) is 46.7 Å². The minimum Gasteiger partial charge on any atom is -0.321 e. The molecule has 0 spiro atoms. The molecule has 1 aromatic carbocycles. The van der Waals surface area contributed by atoms with Crippen molar-refractivity contribution < 1.29 is 18.0 Å². The number of carbonyl (C=O) groups is 1. The third kappa shape index (κ3) is 3.96. The van der Waals surface area contributed by atoms with E-state index in [-0.39, 0.29) is 11.3 Å². The molecule has 1 amide bonds. The number of nitrogens with zero attached hydrogens (tertiary/aromatic N) is 1. The van der Waals surface area contributed by atoms with Crippen molar-refractivity contribution in [2.75, 3.05) is 5.32 Å². The molecule has 0 aliphatic heterocycles. The number of thiophene rings is 1. The highest BCUT2D eigenvalue weighted by atomic mass is 32.1. The summed E-state index contributed by atoms with van der Waals surface area (Å²) in [6.07, 6.45) is -3.12. The lowest BCUT2D eigenvalue weighted by atomic mass is 10.1. The maximum Gasteiger partial charge on any atom is 0.416 e. The zero-order valence-electron chi connectivity index (χ0n) is 11.0. The summed E-state index contributed by atoms with van der Waals surface area (Å²) in [5.74, 6) is -0.756. The van der Waals surface area contributed by atoms with E-state index in [0.717, 1.165) is 12.1 Å². The number of amides is 1. The van der Waals surface area contributed by atoms with E-state index in [1.54, 1.807) is 22.9 Å². The lowest BCUT2D eigenvalue weighted by Crippen LogP contribution is -2.14. The fourth-order valence-corrected chi connectivity index (χ4v) is 2.26. The predicted molar refractivity (Wildman–Crippen MR) is 78.0 cm³/mol. The molecule has 0 saturated heterocycles. The predicted octanol–water partition coefficient (Wildman–Crippen LogP) is 4.31. The largest absolute Gasteiger partial charge is 0.416 e. The van der Waals surface area contributed by atoms with Gasteiger partial charge in [-0.05, 0) is 46.7 Å². The SMILES string of the molecule is N#CC(=Cc1ccsc1)C(=O)Nc1cccc(C(F)(F)F)c1. The minimum absolute atomic E-state index is 0.0220. The summed E-state index contributed by atoms with van der Waals surface area (Å²) in [6.45, 7) is 0. The molecule has 112 valence electrons. The highest BCUT2D eigenvalue weighted by Crippen LogP contribution is 2.30. The second kappa shape index (κ2) is 6.45. The smallest absolute Gasteiger partial charge is 0.321 e. The number of nitrogens with one attached hydrogen (secondary N) is 1. The summed E-state index contributed by atoms with van der Waals surface area (Å²) in [4.78, 5) is 12.0. The van der Waals surface area contributed by atoms with Gasteiger partial charge in [0.1, 0.15) is 11.6 Å². The number of alkyl halides is 3. The Bertz CT molecular complexity index is 743. The molecule has 0 fully saturated rings. The molecule has 0 saturated carbocycles. The van der Waals surface area contributed by atoms with Gasteiger partial charge in [0.2, 0.25) is 0 Å². The van der Waals surface area contributed by atoms with Crippen molar-refractivity contribution in [3.8, 4) is 6.07 Å². The first-order valence-electron chi connectivity index (χ1n) is 6.03. The number of rotatable bonds is 3. The molecule has 1 aromatic heterocycles. The summed E-state index contributed by atoms with van der Waals surface area (Å²) in [7, 11) is 0. The van der Waals surface area contributed by atoms with Crippen molar-refractivity contribution in [2.45, 2.75) is 6.18 Å². The number of anilines is 1. The Kier molecular flexibility index (Phi) is 4.63. The van der Waals surface area contributed by atoms with Crippen molar-refractivity contribution in [3.05, 3.63) is 57.8 Å². The van der Waals surface area contributed by atoms with Gasteiger partial charge in [-0.2, -0.15) is 29.8 Å². The molecule has 1 N–H and O–H groups in total. The number of hydrogen-bond acceptors (Lipinski definition) is 3. The maximum absolute atomic E-state index is 12.6. The van der Waals surface area contributed by atoms with E-state index >= 15 is 0 Å². The van der Waals surface area contributed by atoms with Crippen LogP contribution in [0.25, 0.3) is 6.08 Å². The molecule has 2 aromatic rings. The third-order valence-electron chi connectivity index (χ3n) is 2.67. The van der Waals surface area contributed by atoms with Crippen LogP contribution in [-0.2, 0) is 11.0 Å². The Morgan fingerprint density at radius 2 is 2.09 bits per heavy atom. The van der Waals surface area contributed by atoms with E-state index in [4.69, 9.17) is 5.26 Å². The normalized spacial score (nSPS) is 11.8. The van der Waals surface area contributed by atoms with Gasteiger partial charge in [0, 0.05) is 5.69 Å². The lowest BCUT2D eigenvalue weighted by Gasteiger charge is -2.09. The van der Waals surface area contributed by atoms with Crippen LogP contribution in [0.4, 0.5) is 18.9 Å². The van der Waals surface area contributed by atoms with Crippen LogP contribution in [0.3, 0.4) is 0 Å². The summed E-state index contributed by atoms with van der Waals surface area (Å²) >= 11 is 1.40. The minimum atomic E-state index is -4.49. The van der Waals surface area contributed by atoms with Gasteiger partial charge < -0.3 is 5.32 Å². The highest BCUT2D eigenvalue weighted by Gasteiger charge is 2.30. The van der Waals surface area contributed by atoms with Gasteiger partial charge in [0.05, 0.1) is 5.56 Å². The van der Waals surface area contributed by atoms with E-state index in [9.17, 15) is 18.0 Å². The Morgan fingerprint density at radius 3 is 2.68 bits per heavy atom. The lowest BCUT2D eigenvalue weighted by molar-refractivity contribution is -0.137. The fraction of sp³-hybridized carbons (Fsp3) is 0.0667. The quantitative estimate of drug-likeness (QED) is 0.676. The second-order valence-corrected chi connectivity index (χ2v) is 5.04. The van der Waals surface area contributed by atoms with Crippen molar-refractivity contribution in [3.63, 3.8) is 0 Å². The van der Waals surface area contributed by atoms with Gasteiger partial charge in [0.15, 0.2) is 0 Å². The molecule has 0 atom stereocenters. The molecule has 0 radical (unpaired) electrons. The van der Waals surface area contributed by atoms with Gasteiger partial charge in [-0.1, -0.05) is 6.07 Å². The summed E-state index contributed by atoms with van der Waals surface area (Å²) in [5, 5.41) is 14.8. The van der Waals surface area contributed by atoms with E-state index < -0.39 is 17.6 Å². The molecule has 0 aliphatic rings. The van der Waals surface area contributed by atoms with Gasteiger partial charge in [-0.25, -0.2) is 0 Å². The first-order valence-corrected chi connectivity index (χ1v) is 6.97. The van der Waals surface area contributed by atoms with E-state index in [1.165, 1.54) is 29.5 Å². The van der Waals surface area contributed by atoms with Crippen molar-refractivity contribution in [1.29, 1.82) is 5.26 Å². The highest BCUT2D eigenvalue weighted by molar-refractivity contribution is 7.08. The Hall–Kier alpha value is -2.59. The molecule has 7 heteroatoms. The summed E-state index contributed by atoms with van der Waals surface area (Å²) in [5.41, 5.74) is -0.395. The molecular formula is C15H9F3N2OS. The number of benzene rings is 1. The van der Waals surface area contributed by atoms with Crippen LogP contribution >= 0.6 is 11.3 Å².